The fourth-order valence-corrected chi connectivity index (χ4v) is 1.05. The third-order valence-electron chi connectivity index (χ3n) is 1.85. The van der Waals surface area contributed by atoms with Crippen molar-refractivity contribution in [3.05, 3.63) is 0 Å². The summed E-state index contributed by atoms with van der Waals surface area (Å²) in [5.74, 6) is 0. The molecule has 4 heteroatoms. The minimum absolute atomic E-state index is 0.0456. The van der Waals surface area contributed by atoms with Crippen LogP contribution >= 0.6 is 0 Å². The second kappa shape index (κ2) is 4.46. The van der Waals surface area contributed by atoms with E-state index in [4.69, 9.17) is 10.8 Å². The minimum atomic E-state index is -0.881. The highest BCUT2D eigenvalue weighted by atomic mass is 16.4. The highest BCUT2D eigenvalue weighted by molar-refractivity contribution is 5.65. The van der Waals surface area contributed by atoms with Crippen molar-refractivity contribution >= 4 is 6.09 Å². The SMILES string of the molecule is C[C@H](N)CCN(C(=O)O)C(C)(C)C. The molecule has 0 saturated carbocycles. The van der Waals surface area contributed by atoms with Gasteiger partial charge in [0.15, 0.2) is 0 Å². The Balaban J connectivity index is 4.20. The van der Waals surface area contributed by atoms with Crippen LogP contribution in [-0.4, -0.2) is 34.2 Å². The summed E-state index contributed by atoms with van der Waals surface area (Å²) in [7, 11) is 0. The van der Waals surface area contributed by atoms with Crippen LogP contribution in [0.1, 0.15) is 34.1 Å². The van der Waals surface area contributed by atoms with Gasteiger partial charge in [-0.15, -0.1) is 0 Å². The van der Waals surface area contributed by atoms with Crippen LogP contribution in [0, 0.1) is 0 Å². The third kappa shape index (κ3) is 4.72. The molecule has 4 nitrogen and oxygen atoms in total. The van der Waals surface area contributed by atoms with E-state index >= 15 is 0 Å². The zero-order chi connectivity index (χ0) is 10.6. The molecule has 0 aromatic rings. The molecule has 13 heavy (non-hydrogen) atoms. The second-order valence-corrected chi connectivity index (χ2v) is 4.37. The molecule has 0 heterocycles. The van der Waals surface area contributed by atoms with Gasteiger partial charge in [-0.25, -0.2) is 4.79 Å². The summed E-state index contributed by atoms with van der Waals surface area (Å²) >= 11 is 0. The van der Waals surface area contributed by atoms with E-state index < -0.39 is 6.09 Å². The van der Waals surface area contributed by atoms with Crippen LogP contribution in [0.3, 0.4) is 0 Å². The summed E-state index contributed by atoms with van der Waals surface area (Å²) in [6.45, 7) is 8.01. The van der Waals surface area contributed by atoms with Gasteiger partial charge in [0.25, 0.3) is 0 Å². The molecule has 0 saturated heterocycles. The molecule has 0 unspecified atom stereocenters. The van der Waals surface area contributed by atoms with Gasteiger partial charge in [-0.3, -0.25) is 0 Å². The van der Waals surface area contributed by atoms with Gasteiger partial charge in [0.05, 0.1) is 0 Å². The lowest BCUT2D eigenvalue weighted by atomic mass is 10.1. The van der Waals surface area contributed by atoms with Gasteiger partial charge in [-0.05, 0) is 34.1 Å². The van der Waals surface area contributed by atoms with Gasteiger partial charge in [0, 0.05) is 18.1 Å². The number of carbonyl (C=O) groups is 1. The Morgan fingerprint density at radius 3 is 2.23 bits per heavy atom. The molecule has 78 valence electrons. The van der Waals surface area contributed by atoms with Crippen LogP contribution in [0.5, 0.6) is 0 Å². The number of nitrogens with zero attached hydrogens (tertiary/aromatic N) is 1. The van der Waals surface area contributed by atoms with E-state index in [1.165, 1.54) is 4.90 Å². The average Bonchev–Trinajstić information content (AvgIpc) is 1.81. The zero-order valence-corrected chi connectivity index (χ0v) is 8.87. The molecule has 0 aliphatic carbocycles. The lowest BCUT2D eigenvalue weighted by molar-refractivity contribution is 0.0986. The van der Waals surface area contributed by atoms with Gasteiger partial charge >= 0.3 is 6.09 Å². The molecule has 0 aromatic carbocycles. The normalized spacial score (nSPS) is 13.9. The first kappa shape index (κ1) is 12.2. The number of hydrogen-bond donors (Lipinski definition) is 2. The molecule has 3 N–H and O–H groups in total. The number of nitrogens with two attached hydrogens (primary N) is 1. The van der Waals surface area contributed by atoms with Crippen molar-refractivity contribution < 1.29 is 9.90 Å². The highest BCUT2D eigenvalue weighted by Gasteiger charge is 2.25. The van der Waals surface area contributed by atoms with Crippen molar-refractivity contribution in [2.75, 3.05) is 6.54 Å². The second-order valence-electron chi connectivity index (χ2n) is 4.37. The van der Waals surface area contributed by atoms with E-state index in [9.17, 15) is 4.79 Å². The number of hydrogen-bond acceptors (Lipinski definition) is 2. The Morgan fingerprint density at radius 2 is 2.00 bits per heavy atom. The lowest BCUT2D eigenvalue weighted by Gasteiger charge is -2.33. The van der Waals surface area contributed by atoms with Crippen LogP contribution in [0.2, 0.25) is 0 Å². The molecule has 0 fully saturated rings. The van der Waals surface area contributed by atoms with Crippen molar-refractivity contribution in [2.45, 2.75) is 45.7 Å². The highest BCUT2D eigenvalue weighted by Crippen LogP contribution is 2.13. The third-order valence-corrected chi connectivity index (χ3v) is 1.85. The molecular weight excluding hydrogens is 168 g/mol. The maximum absolute atomic E-state index is 10.8. The monoisotopic (exact) mass is 188 g/mol. The smallest absolute Gasteiger partial charge is 0.407 e. The average molecular weight is 188 g/mol. The molecule has 0 radical (unpaired) electrons. The van der Waals surface area contributed by atoms with Crippen molar-refractivity contribution in [3.8, 4) is 0 Å². The molecule has 1 amide bonds. The Kier molecular flexibility index (Phi) is 4.20. The van der Waals surface area contributed by atoms with Crippen molar-refractivity contribution in [3.63, 3.8) is 0 Å². The maximum Gasteiger partial charge on any atom is 0.407 e. The summed E-state index contributed by atoms with van der Waals surface area (Å²) in [4.78, 5) is 12.3. The fraction of sp³-hybridized carbons (Fsp3) is 0.889. The number of amides is 1. The molecule has 0 bridgehead atoms. The van der Waals surface area contributed by atoms with Gasteiger partial charge in [-0.1, -0.05) is 0 Å². The van der Waals surface area contributed by atoms with E-state index in [2.05, 4.69) is 0 Å². The van der Waals surface area contributed by atoms with Crippen LogP contribution in [0.4, 0.5) is 4.79 Å². The summed E-state index contributed by atoms with van der Waals surface area (Å²) in [6, 6.07) is 0.0456. The van der Waals surface area contributed by atoms with Crippen molar-refractivity contribution in [2.24, 2.45) is 5.73 Å². The number of carboxylic acid groups (broad SMARTS) is 1. The maximum atomic E-state index is 10.8. The van der Waals surface area contributed by atoms with E-state index in [1.54, 1.807) is 0 Å². The standard InChI is InChI=1S/C9H20N2O2/c1-7(10)5-6-11(8(12)13)9(2,3)4/h7H,5-6,10H2,1-4H3,(H,12,13)/t7-/m0/s1. The first-order chi connectivity index (χ1) is 5.75. The van der Waals surface area contributed by atoms with Gasteiger partial charge in [0.1, 0.15) is 0 Å². The van der Waals surface area contributed by atoms with E-state index in [-0.39, 0.29) is 11.6 Å². The molecule has 0 spiro atoms. The zero-order valence-electron chi connectivity index (χ0n) is 8.87. The first-order valence-electron chi connectivity index (χ1n) is 4.51. The molecule has 0 aromatic heterocycles. The van der Waals surface area contributed by atoms with Crippen LogP contribution in [0.15, 0.2) is 0 Å². The molecule has 0 rings (SSSR count). The Hall–Kier alpha value is -0.770. The largest absolute Gasteiger partial charge is 0.465 e. The van der Waals surface area contributed by atoms with Gasteiger partial charge < -0.3 is 15.7 Å². The fourth-order valence-electron chi connectivity index (χ4n) is 1.05. The quantitative estimate of drug-likeness (QED) is 0.705. The topological polar surface area (TPSA) is 66.6 Å². The summed E-state index contributed by atoms with van der Waals surface area (Å²) < 4.78 is 0. The Bertz CT molecular complexity index is 173. The summed E-state index contributed by atoms with van der Waals surface area (Å²) in [5, 5.41) is 8.91. The Morgan fingerprint density at radius 1 is 1.54 bits per heavy atom. The van der Waals surface area contributed by atoms with E-state index in [0.717, 1.165) is 0 Å². The van der Waals surface area contributed by atoms with Gasteiger partial charge in [-0.2, -0.15) is 0 Å². The molecule has 0 aliphatic heterocycles. The predicted molar refractivity (Wildman–Crippen MR) is 52.8 cm³/mol. The van der Waals surface area contributed by atoms with E-state index in [0.29, 0.717) is 13.0 Å². The van der Waals surface area contributed by atoms with Crippen LogP contribution in [-0.2, 0) is 0 Å². The predicted octanol–water partition coefficient (Wildman–Crippen LogP) is 1.50. The van der Waals surface area contributed by atoms with Crippen molar-refractivity contribution in [1.29, 1.82) is 0 Å². The summed E-state index contributed by atoms with van der Waals surface area (Å²) in [5.41, 5.74) is 5.22. The Labute approximate surface area is 79.7 Å². The molecule has 1 atom stereocenters. The molecular formula is C9H20N2O2. The minimum Gasteiger partial charge on any atom is -0.465 e. The van der Waals surface area contributed by atoms with Crippen molar-refractivity contribution in [1.82, 2.24) is 4.90 Å². The first-order valence-corrected chi connectivity index (χ1v) is 4.51. The van der Waals surface area contributed by atoms with Gasteiger partial charge in [0.2, 0.25) is 0 Å². The van der Waals surface area contributed by atoms with Crippen LogP contribution in [0.25, 0.3) is 0 Å². The molecule has 0 aliphatic rings. The number of rotatable bonds is 3. The summed E-state index contributed by atoms with van der Waals surface area (Å²) in [6.07, 6.45) is -0.183. The van der Waals surface area contributed by atoms with Crippen LogP contribution < -0.4 is 5.73 Å². The van der Waals surface area contributed by atoms with E-state index in [1.807, 2.05) is 27.7 Å². The lowest BCUT2D eigenvalue weighted by Crippen LogP contribution is -2.46.